The molecule has 0 radical (unpaired) electrons. The number of aliphatic imine (C=N–C) groups is 2. The third-order valence-electron chi connectivity index (χ3n) is 4.12. The number of guanidine groups is 2. The van der Waals surface area contributed by atoms with Gasteiger partial charge in [-0.1, -0.05) is 12.1 Å². The quantitative estimate of drug-likeness (QED) is 0.332. The maximum absolute atomic E-state index is 10.8. The Kier molecular flexibility index (Phi) is 7.06. The van der Waals surface area contributed by atoms with Crippen LogP contribution in [0.3, 0.4) is 0 Å². The van der Waals surface area contributed by atoms with Crippen LogP contribution in [0.4, 0.5) is 11.4 Å². The van der Waals surface area contributed by atoms with E-state index in [2.05, 4.69) is 9.98 Å². The summed E-state index contributed by atoms with van der Waals surface area (Å²) < 4.78 is 11.3. The molecule has 0 unspecified atom stereocenters. The van der Waals surface area contributed by atoms with Crippen LogP contribution in [0.15, 0.2) is 58.5 Å². The molecule has 1 aliphatic heterocycles. The molecule has 0 spiro atoms. The lowest BCUT2D eigenvalue weighted by Gasteiger charge is -2.38. The number of nitro groups is 1. The van der Waals surface area contributed by atoms with E-state index in [-0.39, 0.29) is 43.2 Å². The summed E-state index contributed by atoms with van der Waals surface area (Å²) in [5.74, 6) is 1.39. The predicted molar refractivity (Wildman–Crippen MR) is 110 cm³/mol. The Bertz CT molecular complexity index is 979. The standard InChI is InChI=1S/C19H22N6O4.ClH/c1-19(2)23-17(20)22-18(21)24(19)13-5-3-7-15(11-13)28-9-10-29-16-8-4-6-14(12-16)25(26)27;/h3-8,11-12H,9-10H2,1-2H3,(H4,20,21,22,23);1H/p-1. The van der Waals surface area contributed by atoms with Crippen molar-refractivity contribution in [2.75, 3.05) is 18.1 Å². The zero-order valence-electron chi connectivity index (χ0n) is 16.5. The van der Waals surface area contributed by atoms with E-state index in [1.165, 1.54) is 12.1 Å². The van der Waals surface area contributed by atoms with Crippen LogP contribution in [0, 0.1) is 10.1 Å². The summed E-state index contributed by atoms with van der Waals surface area (Å²) in [6, 6.07) is 13.3. The van der Waals surface area contributed by atoms with Gasteiger partial charge in [0.05, 0.1) is 11.0 Å². The van der Waals surface area contributed by atoms with Gasteiger partial charge in [-0.05, 0) is 32.0 Å². The Hall–Kier alpha value is -3.53. The molecule has 0 saturated heterocycles. The molecule has 0 fully saturated rings. The summed E-state index contributed by atoms with van der Waals surface area (Å²) in [5.41, 5.74) is 11.8. The molecule has 0 amide bonds. The van der Waals surface area contributed by atoms with Crippen molar-refractivity contribution in [3.63, 3.8) is 0 Å². The van der Waals surface area contributed by atoms with Crippen molar-refractivity contribution in [3.8, 4) is 11.5 Å². The molecular weight excluding hydrogens is 412 g/mol. The van der Waals surface area contributed by atoms with Crippen molar-refractivity contribution in [1.82, 2.24) is 0 Å². The zero-order valence-corrected chi connectivity index (χ0v) is 17.2. The van der Waals surface area contributed by atoms with Crippen molar-refractivity contribution in [1.29, 1.82) is 0 Å². The van der Waals surface area contributed by atoms with E-state index in [0.717, 1.165) is 5.69 Å². The van der Waals surface area contributed by atoms with Crippen molar-refractivity contribution in [2.45, 2.75) is 19.5 Å². The zero-order chi connectivity index (χ0) is 21.0. The van der Waals surface area contributed by atoms with Gasteiger partial charge in [-0.3, -0.25) is 15.0 Å². The molecule has 160 valence electrons. The highest BCUT2D eigenvalue weighted by Gasteiger charge is 2.33. The van der Waals surface area contributed by atoms with Crippen molar-refractivity contribution in [2.24, 2.45) is 21.5 Å². The highest BCUT2D eigenvalue weighted by atomic mass is 35.5. The number of nitrogens with two attached hydrogens (primary N) is 2. The van der Waals surface area contributed by atoms with E-state index >= 15 is 0 Å². The third-order valence-corrected chi connectivity index (χ3v) is 4.12. The number of benzene rings is 2. The molecule has 4 N–H and O–H groups in total. The summed E-state index contributed by atoms with van der Waals surface area (Å²) >= 11 is 0. The van der Waals surface area contributed by atoms with Crippen molar-refractivity contribution in [3.05, 3.63) is 58.6 Å². The van der Waals surface area contributed by atoms with E-state index < -0.39 is 10.6 Å². The minimum Gasteiger partial charge on any atom is -1.00 e. The lowest BCUT2D eigenvalue weighted by Crippen LogP contribution is -3.00. The molecule has 2 aromatic carbocycles. The smallest absolute Gasteiger partial charge is 0.273 e. The summed E-state index contributed by atoms with van der Waals surface area (Å²) in [4.78, 5) is 20.5. The second-order valence-corrected chi connectivity index (χ2v) is 6.72. The molecule has 10 nitrogen and oxygen atoms in total. The van der Waals surface area contributed by atoms with Gasteiger partial charge in [0, 0.05) is 17.8 Å². The van der Waals surface area contributed by atoms with Gasteiger partial charge in [-0.15, -0.1) is 0 Å². The Morgan fingerprint density at radius 1 is 1.07 bits per heavy atom. The summed E-state index contributed by atoms with van der Waals surface area (Å²) in [6.07, 6.45) is 0. The number of non-ortho nitro benzene ring substituents is 1. The predicted octanol–water partition coefficient (Wildman–Crippen LogP) is -0.758. The van der Waals surface area contributed by atoms with E-state index in [1.807, 2.05) is 32.0 Å². The van der Waals surface area contributed by atoms with Gasteiger partial charge in [-0.25, -0.2) is 4.99 Å². The number of rotatable bonds is 7. The molecule has 1 heterocycles. The van der Waals surface area contributed by atoms with Crippen molar-refractivity contribution < 1.29 is 26.8 Å². The number of halogens is 1. The van der Waals surface area contributed by atoms with Crippen LogP contribution < -0.4 is 38.2 Å². The minimum atomic E-state index is -0.695. The average molecular weight is 434 g/mol. The van der Waals surface area contributed by atoms with Gasteiger partial charge in [0.15, 0.2) is 0 Å². The number of hydrogen-bond acceptors (Lipinski definition) is 9. The third kappa shape index (κ3) is 5.29. The highest BCUT2D eigenvalue weighted by Crippen LogP contribution is 2.30. The number of anilines is 1. The fraction of sp³-hybridized carbons (Fsp3) is 0.263. The highest BCUT2D eigenvalue weighted by molar-refractivity contribution is 6.05. The second kappa shape index (κ2) is 9.31. The molecular formula is C19H22ClN6O4-. The molecule has 2 aromatic rings. The first kappa shape index (κ1) is 22.8. The lowest BCUT2D eigenvalue weighted by atomic mass is 10.1. The van der Waals surface area contributed by atoms with Crippen LogP contribution in [0.5, 0.6) is 11.5 Å². The van der Waals surface area contributed by atoms with Crippen LogP contribution in [0.25, 0.3) is 0 Å². The van der Waals surface area contributed by atoms with Gasteiger partial charge in [0.25, 0.3) is 5.69 Å². The number of hydrogen-bond donors (Lipinski definition) is 2. The molecule has 30 heavy (non-hydrogen) atoms. The van der Waals surface area contributed by atoms with E-state index in [9.17, 15) is 10.1 Å². The Morgan fingerprint density at radius 3 is 2.27 bits per heavy atom. The fourth-order valence-corrected chi connectivity index (χ4v) is 2.97. The molecule has 0 aliphatic carbocycles. The SMILES string of the molecule is CC1(C)N=C(N)N=C(N)N1c1cccc(OCCOc2cccc([N+](=O)[O-])c2)c1.[Cl-]. The molecule has 0 atom stereocenters. The van der Waals surface area contributed by atoms with Crippen LogP contribution in [-0.2, 0) is 0 Å². The van der Waals surface area contributed by atoms with Crippen LogP contribution in [0.2, 0.25) is 0 Å². The van der Waals surface area contributed by atoms with E-state index in [0.29, 0.717) is 11.5 Å². The number of nitrogens with zero attached hydrogens (tertiary/aromatic N) is 4. The van der Waals surface area contributed by atoms with Crippen molar-refractivity contribution >= 4 is 23.3 Å². The summed E-state index contributed by atoms with van der Waals surface area (Å²) in [6.45, 7) is 4.23. The maximum Gasteiger partial charge on any atom is 0.273 e. The van der Waals surface area contributed by atoms with Crippen LogP contribution in [0.1, 0.15) is 13.8 Å². The Morgan fingerprint density at radius 2 is 1.67 bits per heavy atom. The van der Waals surface area contributed by atoms with Crippen LogP contribution >= 0.6 is 0 Å². The van der Waals surface area contributed by atoms with Crippen LogP contribution in [-0.4, -0.2) is 35.7 Å². The molecule has 0 aromatic heterocycles. The average Bonchev–Trinajstić information content (AvgIpc) is 2.64. The number of nitro benzene ring substituents is 1. The molecule has 0 saturated carbocycles. The maximum atomic E-state index is 10.8. The number of ether oxygens (including phenoxy) is 2. The molecule has 3 rings (SSSR count). The molecule has 0 bridgehead atoms. The summed E-state index contributed by atoms with van der Waals surface area (Å²) in [7, 11) is 0. The Labute approximate surface area is 179 Å². The minimum absolute atomic E-state index is 0. The first-order valence-corrected chi connectivity index (χ1v) is 8.86. The molecule has 11 heteroatoms. The Balaban J connectivity index is 0.00000320. The topological polar surface area (TPSA) is 142 Å². The van der Waals surface area contributed by atoms with Gasteiger partial charge in [-0.2, -0.15) is 4.99 Å². The first-order valence-electron chi connectivity index (χ1n) is 8.86. The fourth-order valence-electron chi connectivity index (χ4n) is 2.97. The largest absolute Gasteiger partial charge is 1.00 e. The summed E-state index contributed by atoms with van der Waals surface area (Å²) in [5, 5.41) is 10.8. The monoisotopic (exact) mass is 433 g/mol. The van der Waals surface area contributed by atoms with Gasteiger partial charge in [0.2, 0.25) is 11.9 Å². The lowest BCUT2D eigenvalue weighted by molar-refractivity contribution is -0.384. The van der Waals surface area contributed by atoms with E-state index in [1.54, 1.807) is 23.1 Å². The van der Waals surface area contributed by atoms with Gasteiger partial charge in [0.1, 0.15) is 30.4 Å². The normalized spacial score (nSPS) is 14.8. The van der Waals surface area contributed by atoms with E-state index in [4.69, 9.17) is 20.9 Å². The van der Waals surface area contributed by atoms with Gasteiger partial charge < -0.3 is 33.3 Å². The van der Waals surface area contributed by atoms with Gasteiger partial charge >= 0.3 is 0 Å². The second-order valence-electron chi connectivity index (χ2n) is 6.72. The molecule has 1 aliphatic rings. The first-order chi connectivity index (χ1) is 13.8.